The monoisotopic (exact) mass is 400 g/mol. The SMILES string of the molecule is C=C(C)C(=O)OCCCCOc1ccc(C(O)Oc2ccc(B(O)O)cc2)cc1. The maximum absolute atomic E-state index is 11.2. The summed E-state index contributed by atoms with van der Waals surface area (Å²) in [7, 11) is -1.55. The van der Waals surface area contributed by atoms with E-state index in [4.69, 9.17) is 24.3 Å². The van der Waals surface area contributed by atoms with Crippen molar-refractivity contribution in [2.75, 3.05) is 13.2 Å². The summed E-state index contributed by atoms with van der Waals surface area (Å²) < 4.78 is 16.1. The lowest BCUT2D eigenvalue weighted by Crippen LogP contribution is -2.29. The normalized spacial score (nSPS) is 11.4. The first-order chi connectivity index (χ1) is 13.9. The van der Waals surface area contributed by atoms with Crippen molar-refractivity contribution in [3.8, 4) is 11.5 Å². The van der Waals surface area contributed by atoms with Crippen LogP contribution in [0.3, 0.4) is 0 Å². The van der Waals surface area contributed by atoms with E-state index in [1.807, 2.05) is 0 Å². The molecule has 29 heavy (non-hydrogen) atoms. The zero-order valence-corrected chi connectivity index (χ0v) is 16.3. The highest BCUT2D eigenvalue weighted by atomic mass is 16.6. The van der Waals surface area contributed by atoms with Gasteiger partial charge >= 0.3 is 13.1 Å². The van der Waals surface area contributed by atoms with Crippen LogP contribution >= 0.6 is 0 Å². The quantitative estimate of drug-likeness (QED) is 0.173. The summed E-state index contributed by atoms with van der Waals surface area (Å²) in [5.74, 6) is 0.667. The average molecular weight is 400 g/mol. The van der Waals surface area contributed by atoms with Gasteiger partial charge in [0.15, 0.2) is 0 Å². The van der Waals surface area contributed by atoms with Crippen molar-refractivity contribution in [3.05, 3.63) is 66.2 Å². The zero-order chi connectivity index (χ0) is 21.2. The van der Waals surface area contributed by atoms with Crippen molar-refractivity contribution >= 4 is 18.6 Å². The van der Waals surface area contributed by atoms with Crippen molar-refractivity contribution < 1.29 is 34.2 Å². The number of aliphatic hydroxyl groups excluding tert-OH is 1. The maximum Gasteiger partial charge on any atom is 0.488 e. The Labute approximate surface area is 170 Å². The Bertz CT molecular complexity index is 788. The number of esters is 1. The Balaban J connectivity index is 1.73. The highest BCUT2D eigenvalue weighted by molar-refractivity contribution is 6.58. The van der Waals surface area contributed by atoms with Crippen LogP contribution in [0.4, 0.5) is 0 Å². The van der Waals surface area contributed by atoms with Crippen molar-refractivity contribution in [2.24, 2.45) is 0 Å². The molecule has 0 saturated carbocycles. The van der Waals surface area contributed by atoms with Gasteiger partial charge in [-0.25, -0.2) is 4.79 Å². The van der Waals surface area contributed by atoms with E-state index in [0.29, 0.717) is 47.7 Å². The van der Waals surface area contributed by atoms with Gasteiger partial charge in [0.05, 0.1) is 13.2 Å². The molecular formula is C21H25BO7. The van der Waals surface area contributed by atoms with E-state index in [0.717, 1.165) is 6.42 Å². The molecule has 0 radical (unpaired) electrons. The second-order valence-electron chi connectivity index (χ2n) is 6.45. The first-order valence-corrected chi connectivity index (χ1v) is 9.23. The molecule has 2 rings (SSSR count). The second kappa shape index (κ2) is 11.3. The third kappa shape index (κ3) is 7.61. The Morgan fingerprint density at radius 3 is 2.17 bits per heavy atom. The fourth-order valence-corrected chi connectivity index (χ4v) is 2.33. The van der Waals surface area contributed by atoms with E-state index < -0.39 is 13.4 Å². The van der Waals surface area contributed by atoms with E-state index in [2.05, 4.69) is 6.58 Å². The number of benzene rings is 2. The number of carbonyl (C=O) groups is 1. The summed E-state index contributed by atoms with van der Waals surface area (Å²) in [5.41, 5.74) is 1.27. The van der Waals surface area contributed by atoms with Gasteiger partial charge in [0, 0.05) is 11.1 Å². The molecule has 1 unspecified atom stereocenters. The predicted molar refractivity (Wildman–Crippen MR) is 109 cm³/mol. The third-order valence-corrected chi connectivity index (χ3v) is 3.98. The van der Waals surface area contributed by atoms with Gasteiger partial charge in [-0.3, -0.25) is 0 Å². The summed E-state index contributed by atoms with van der Waals surface area (Å²) in [6.45, 7) is 5.93. The fourth-order valence-electron chi connectivity index (χ4n) is 2.33. The molecule has 1 atom stereocenters. The molecule has 0 aromatic heterocycles. The zero-order valence-electron chi connectivity index (χ0n) is 16.3. The summed E-state index contributed by atoms with van der Waals surface area (Å²) in [6.07, 6.45) is 0.252. The topological polar surface area (TPSA) is 105 Å². The molecule has 2 aromatic rings. The van der Waals surface area contributed by atoms with E-state index in [1.165, 1.54) is 12.1 Å². The number of hydrogen-bond acceptors (Lipinski definition) is 7. The number of carbonyl (C=O) groups excluding carboxylic acids is 1. The lowest BCUT2D eigenvalue weighted by atomic mass is 9.80. The molecule has 0 bridgehead atoms. The van der Waals surface area contributed by atoms with Gasteiger partial charge in [0.1, 0.15) is 11.5 Å². The van der Waals surface area contributed by atoms with Gasteiger partial charge in [-0.2, -0.15) is 0 Å². The van der Waals surface area contributed by atoms with E-state index in [1.54, 1.807) is 43.3 Å². The molecule has 2 aromatic carbocycles. The van der Waals surface area contributed by atoms with E-state index in [9.17, 15) is 9.90 Å². The first-order valence-electron chi connectivity index (χ1n) is 9.23. The molecule has 0 fully saturated rings. The average Bonchev–Trinajstić information content (AvgIpc) is 2.71. The van der Waals surface area contributed by atoms with Crippen LogP contribution in [0.25, 0.3) is 0 Å². The number of aliphatic hydroxyl groups is 1. The van der Waals surface area contributed by atoms with Crippen LogP contribution < -0.4 is 14.9 Å². The molecule has 3 N–H and O–H groups in total. The molecule has 0 spiro atoms. The van der Waals surface area contributed by atoms with Crippen LogP contribution in [0.2, 0.25) is 0 Å². The van der Waals surface area contributed by atoms with Crippen LogP contribution in [0.1, 0.15) is 31.6 Å². The van der Waals surface area contributed by atoms with Gasteiger partial charge in [0.25, 0.3) is 0 Å². The number of hydrogen-bond donors (Lipinski definition) is 3. The highest BCUT2D eigenvalue weighted by Gasteiger charge is 2.13. The molecular weight excluding hydrogens is 375 g/mol. The lowest BCUT2D eigenvalue weighted by molar-refractivity contribution is -0.139. The molecule has 0 aliphatic heterocycles. The van der Waals surface area contributed by atoms with Gasteiger partial charge in [0.2, 0.25) is 6.29 Å². The Kier molecular flexibility index (Phi) is 8.73. The number of ether oxygens (including phenoxy) is 3. The van der Waals surface area contributed by atoms with Gasteiger partial charge in [-0.1, -0.05) is 18.7 Å². The van der Waals surface area contributed by atoms with Crippen molar-refractivity contribution in [3.63, 3.8) is 0 Å². The first kappa shape index (κ1) is 22.5. The van der Waals surface area contributed by atoms with E-state index in [-0.39, 0.29) is 5.97 Å². The minimum atomic E-state index is -1.55. The maximum atomic E-state index is 11.2. The Morgan fingerprint density at radius 1 is 1.00 bits per heavy atom. The predicted octanol–water partition coefficient (Wildman–Crippen LogP) is 1.71. The summed E-state index contributed by atoms with van der Waals surface area (Å²) in [6, 6.07) is 12.9. The molecule has 0 aliphatic carbocycles. The Hall–Kier alpha value is -2.81. The van der Waals surface area contributed by atoms with Gasteiger partial charge < -0.3 is 29.4 Å². The van der Waals surface area contributed by atoms with Crippen molar-refractivity contribution in [1.82, 2.24) is 0 Å². The summed E-state index contributed by atoms with van der Waals surface area (Å²) >= 11 is 0. The van der Waals surface area contributed by atoms with Crippen LogP contribution in [0.5, 0.6) is 11.5 Å². The standard InChI is InChI=1S/C21H25BO7/c1-15(2)20(23)28-14-4-3-13-27-18-9-5-16(6-10-18)21(24)29-19-11-7-17(8-12-19)22(25)26/h5-12,21,24-26H,1,3-4,13-14H2,2H3. The fraction of sp³-hybridized carbons (Fsp3) is 0.286. The summed E-state index contributed by atoms with van der Waals surface area (Å²) in [4.78, 5) is 11.2. The minimum Gasteiger partial charge on any atom is -0.494 e. The van der Waals surface area contributed by atoms with Crippen LogP contribution in [-0.2, 0) is 9.53 Å². The van der Waals surface area contributed by atoms with Crippen LogP contribution in [0, 0.1) is 0 Å². The largest absolute Gasteiger partial charge is 0.494 e. The number of rotatable bonds is 11. The van der Waals surface area contributed by atoms with Crippen molar-refractivity contribution in [1.29, 1.82) is 0 Å². The van der Waals surface area contributed by atoms with Crippen molar-refractivity contribution in [2.45, 2.75) is 26.1 Å². The Morgan fingerprint density at radius 2 is 1.59 bits per heavy atom. The minimum absolute atomic E-state index is 0.329. The van der Waals surface area contributed by atoms with Gasteiger partial charge in [-0.05, 0) is 61.6 Å². The molecule has 7 nitrogen and oxygen atoms in total. The highest BCUT2D eigenvalue weighted by Crippen LogP contribution is 2.21. The smallest absolute Gasteiger partial charge is 0.488 e. The lowest BCUT2D eigenvalue weighted by Gasteiger charge is -2.15. The van der Waals surface area contributed by atoms with Crippen LogP contribution in [-0.4, -0.2) is 41.5 Å². The third-order valence-electron chi connectivity index (χ3n) is 3.98. The molecule has 0 aliphatic rings. The van der Waals surface area contributed by atoms with Gasteiger partial charge in [-0.15, -0.1) is 0 Å². The molecule has 0 amide bonds. The van der Waals surface area contributed by atoms with E-state index >= 15 is 0 Å². The molecule has 154 valence electrons. The summed E-state index contributed by atoms with van der Waals surface area (Å²) in [5, 5.41) is 28.3. The second-order valence-corrected chi connectivity index (χ2v) is 6.45. The molecule has 0 heterocycles. The van der Waals surface area contributed by atoms with Crippen LogP contribution in [0.15, 0.2) is 60.7 Å². The number of unbranched alkanes of at least 4 members (excludes halogenated alkanes) is 1. The molecule has 0 saturated heterocycles. The molecule has 8 heteroatoms.